The van der Waals surface area contributed by atoms with Crippen LogP contribution in [0.1, 0.15) is 22.6 Å². The van der Waals surface area contributed by atoms with Gasteiger partial charge in [-0.25, -0.2) is 0 Å². The summed E-state index contributed by atoms with van der Waals surface area (Å²) in [6, 6.07) is 10.9. The zero-order valence-electron chi connectivity index (χ0n) is 8.86. The molecule has 2 aromatic rings. The number of halogens is 1. The molecule has 1 heterocycles. The van der Waals surface area contributed by atoms with E-state index in [9.17, 15) is 0 Å². The Morgan fingerprint density at radius 2 is 1.75 bits per heavy atom. The molecule has 1 aromatic carbocycles. The highest BCUT2D eigenvalue weighted by Crippen LogP contribution is 2.34. The van der Waals surface area contributed by atoms with Gasteiger partial charge in [0.2, 0.25) is 0 Å². The minimum atomic E-state index is 0.599. The van der Waals surface area contributed by atoms with Gasteiger partial charge in [0.25, 0.3) is 0 Å². The first-order valence-electron chi connectivity index (χ1n) is 5.50. The van der Waals surface area contributed by atoms with Gasteiger partial charge in [-0.05, 0) is 57.4 Å². The van der Waals surface area contributed by atoms with E-state index < -0.39 is 0 Å². The van der Waals surface area contributed by atoms with Crippen LogP contribution >= 0.6 is 15.9 Å². The third-order valence-electron chi connectivity index (χ3n) is 3.25. The van der Waals surface area contributed by atoms with E-state index in [-0.39, 0.29) is 0 Å². The van der Waals surface area contributed by atoms with Crippen molar-refractivity contribution in [3.8, 4) is 0 Å². The lowest BCUT2D eigenvalue weighted by molar-refractivity contribution is 0.736. The van der Waals surface area contributed by atoms with Crippen molar-refractivity contribution in [3.05, 3.63) is 63.9 Å². The van der Waals surface area contributed by atoms with Gasteiger partial charge in [-0.2, -0.15) is 0 Å². The van der Waals surface area contributed by atoms with E-state index in [0.717, 1.165) is 17.3 Å². The summed E-state index contributed by atoms with van der Waals surface area (Å²) in [5.74, 6) is 0.599. The quantitative estimate of drug-likeness (QED) is 0.772. The van der Waals surface area contributed by atoms with Crippen LogP contribution in [0, 0.1) is 0 Å². The summed E-state index contributed by atoms with van der Waals surface area (Å²) in [6.07, 6.45) is 6.12. The second kappa shape index (κ2) is 4.02. The number of hydrogen-bond acceptors (Lipinski definition) is 1. The van der Waals surface area contributed by atoms with Crippen molar-refractivity contribution < 1.29 is 0 Å². The van der Waals surface area contributed by atoms with Crippen molar-refractivity contribution in [1.29, 1.82) is 0 Å². The third kappa shape index (κ3) is 1.78. The minimum absolute atomic E-state index is 0.599. The largest absolute Gasteiger partial charge is 0.263 e. The van der Waals surface area contributed by atoms with Gasteiger partial charge in [-0.15, -0.1) is 0 Å². The zero-order valence-corrected chi connectivity index (χ0v) is 10.4. The molecule has 0 unspecified atom stereocenters. The molecule has 1 nitrogen and oxygen atoms in total. The van der Waals surface area contributed by atoms with Crippen molar-refractivity contribution in [2.75, 3.05) is 0 Å². The molecule has 0 bridgehead atoms. The Kier molecular flexibility index (Phi) is 2.52. The van der Waals surface area contributed by atoms with E-state index in [2.05, 4.69) is 51.2 Å². The van der Waals surface area contributed by atoms with Gasteiger partial charge >= 0.3 is 0 Å². The summed E-state index contributed by atoms with van der Waals surface area (Å²) in [5.41, 5.74) is 4.32. The van der Waals surface area contributed by atoms with Gasteiger partial charge in [-0.3, -0.25) is 4.98 Å². The van der Waals surface area contributed by atoms with E-state index in [1.54, 1.807) is 0 Å². The van der Waals surface area contributed by atoms with Crippen LogP contribution < -0.4 is 0 Å². The lowest BCUT2D eigenvalue weighted by atomic mass is 9.98. The van der Waals surface area contributed by atoms with Gasteiger partial charge in [0, 0.05) is 16.9 Å². The van der Waals surface area contributed by atoms with Crippen LogP contribution in [0.3, 0.4) is 0 Å². The lowest BCUT2D eigenvalue weighted by Crippen LogP contribution is -1.98. The zero-order chi connectivity index (χ0) is 11.0. The highest BCUT2D eigenvalue weighted by molar-refractivity contribution is 9.10. The van der Waals surface area contributed by atoms with Gasteiger partial charge < -0.3 is 0 Å². The molecule has 0 spiro atoms. The Bertz CT molecular complexity index is 497. The molecular formula is C14H12BrN. The molecule has 16 heavy (non-hydrogen) atoms. The molecule has 0 saturated carbocycles. The van der Waals surface area contributed by atoms with Crippen molar-refractivity contribution >= 4 is 15.9 Å². The van der Waals surface area contributed by atoms with Crippen molar-refractivity contribution in [2.24, 2.45) is 0 Å². The summed E-state index contributed by atoms with van der Waals surface area (Å²) in [5, 5.41) is 0. The predicted octanol–water partition coefficient (Wildman–Crippen LogP) is 3.73. The van der Waals surface area contributed by atoms with Gasteiger partial charge in [0.05, 0.1) is 0 Å². The van der Waals surface area contributed by atoms with E-state index in [0.29, 0.717) is 5.92 Å². The molecular weight excluding hydrogens is 262 g/mol. The molecule has 1 aliphatic carbocycles. The number of hydrogen-bond donors (Lipinski definition) is 0. The highest BCUT2D eigenvalue weighted by atomic mass is 79.9. The van der Waals surface area contributed by atoms with E-state index in [4.69, 9.17) is 0 Å². The average Bonchev–Trinajstić information content (AvgIpc) is 2.72. The average molecular weight is 274 g/mol. The summed E-state index contributed by atoms with van der Waals surface area (Å²) in [7, 11) is 0. The van der Waals surface area contributed by atoms with Gasteiger partial charge in [-0.1, -0.05) is 24.3 Å². The summed E-state index contributed by atoms with van der Waals surface area (Å²) >= 11 is 3.48. The smallest absolute Gasteiger partial charge is 0.0410 e. The first-order chi connectivity index (χ1) is 7.83. The van der Waals surface area contributed by atoms with Crippen LogP contribution in [0.4, 0.5) is 0 Å². The molecule has 2 heteroatoms. The number of rotatable bonds is 1. The molecule has 0 saturated heterocycles. The second-order valence-corrected chi connectivity index (χ2v) is 5.23. The van der Waals surface area contributed by atoms with Crippen molar-refractivity contribution in [1.82, 2.24) is 4.98 Å². The third-order valence-corrected chi connectivity index (χ3v) is 3.68. The van der Waals surface area contributed by atoms with Gasteiger partial charge in [0.1, 0.15) is 0 Å². The molecule has 1 aliphatic rings. The number of pyridine rings is 1. The number of nitrogens with zero attached hydrogens (tertiary/aromatic N) is 1. The van der Waals surface area contributed by atoms with Crippen LogP contribution in [0.2, 0.25) is 0 Å². The topological polar surface area (TPSA) is 12.9 Å². The maximum Gasteiger partial charge on any atom is 0.0410 e. The van der Waals surface area contributed by atoms with Crippen LogP contribution in [0.25, 0.3) is 0 Å². The molecule has 0 amide bonds. The first-order valence-corrected chi connectivity index (χ1v) is 6.29. The summed E-state index contributed by atoms with van der Waals surface area (Å²) in [4.78, 5) is 4.24. The van der Waals surface area contributed by atoms with E-state index >= 15 is 0 Å². The Balaban J connectivity index is 1.91. The molecule has 0 fully saturated rings. The summed E-state index contributed by atoms with van der Waals surface area (Å²) in [6.45, 7) is 0. The fraction of sp³-hybridized carbons (Fsp3) is 0.214. The monoisotopic (exact) mass is 273 g/mol. The normalized spacial score (nSPS) is 15.1. The number of benzene rings is 1. The van der Waals surface area contributed by atoms with Crippen LogP contribution in [0.5, 0.6) is 0 Å². The van der Waals surface area contributed by atoms with Crippen molar-refractivity contribution in [3.63, 3.8) is 0 Å². The Morgan fingerprint density at radius 3 is 2.38 bits per heavy atom. The summed E-state index contributed by atoms with van der Waals surface area (Å²) < 4.78 is 1.07. The molecule has 80 valence electrons. The minimum Gasteiger partial charge on any atom is -0.263 e. The van der Waals surface area contributed by atoms with E-state index in [1.807, 2.05) is 12.4 Å². The lowest BCUT2D eigenvalue weighted by Gasteiger charge is -2.08. The maximum absolute atomic E-state index is 4.24. The highest BCUT2D eigenvalue weighted by Gasteiger charge is 2.22. The Hall–Kier alpha value is -1.15. The number of aromatic nitrogens is 1. The fourth-order valence-corrected chi connectivity index (χ4v) is 2.83. The Labute approximate surface area is 104 Å². The maximum atomic E-state index is 4.24. The Morgan fingerprint density at radius 1 is 1.06 bits per heavy atom. The molecule has 0 atom stereocenters. The number of fused-ring (bicyclic) bond motifs is 1. The molecule has 1 aromatic heterocycles. The molecule has 0 radical (unpaired) electrons. The fourth-order valence-electron chi connectivity index (χ4n) is 2.45. The standard InChI is InChI=1S/C14H12BrN/c15-14-7-13(8-16-9-14)12-5-10-3-1-2-4-11(10)6-12/h1-4,7-9,12H,5-6H2. The van der Waals surface area contributed by atoms with Gasteiger partial charge in [0.15, 0.2) is 0 Å². The predicted molar refractivity (Wildman–Crippen MR) is 68.5 cm³/mol. The molecule has 0 N–H and O–H groups in total. The van der Waals surface area contributed by atoms with Crippen LogP contribution in [-0.2, 0) is 12.8 Å². The second-order valence-electron chi connectivity index (χ2n) is 4.31. The van der Waals surface area contributed by atoms with E-state index in [1.165, 1.54) is 16.7 Å². The molecule has 0 aliphatic heterocycles. The SMILES string of the molecule is Brc1cncc(C2Cc3ccccc3C2)c1. The van der Waals surface area contributed by atoms with Crippen molar-refractivity contribution in [2.45, 2.75) is 18.8 Å². The first kappa shape index (κ1) is 10.0. The van der Waals surface area contributed by atoms with Crippen LogP contribution in [-0.4, -0.2) is 4.98 Å². The molecule has 3 rings (SSSR count). The van der Waals surface area contributed by atoms with Crippen LogP contribution in [0.15, 0.2) is 47.2 Å².